The van der Waals surface area contributed by atoms with Crippen LogP contribution in [-0.4, -0.2) is 21.0 Å². The molecule has 0 bridgehead atoms. The second-order valence-electron chi connectivity index (χ2n) is 7.17. The second kappa shape index (κ2) is 8.60. The summed E-state index contributed by atoms with van der Waals surface area (Å²) in [5.74, 6) is -0.0329. The topological polar surface area (TPSA) is 105 Å². The van der Waals surface area contributed by atoms with Crippen LogP contribution in [-0.2, 0) is 0 Å². The quantitative estimate of drug-likeness (QED) is 0.313. The Kier molecular flexibility index (Phi) is 5.34. The number of aromatic nitrogens is 2. The number of anilines is 4. The molecule has 2 aromatic heterocycles. The van der Waals surface area contributed by atoms with Crippen molar-refractivity contribution in [3.05, 3.63) is 102 Å². The Hall–Kier alpha value is -4.43. The molecule has 0 saturated heterocycles. The molecule has 3 N–H and O–H groups in total. The zero-order chi connectivity index (χ0) is 22.8. The molecule has 0 amide bonds. The summed E-state index contributed by atoms with van der Waals surface area (Å²) in [4.78, 5) is 19.8. The fourth-order valence-electron chi connectivity index (χ4n) is 3.37. The van der Waals surface area contributed by atoms with Gasteiger partial charge in [0.1, 0.15) is 22.1 Å². The minimum atomic E-state index is -0.385. The zero-order valence-corrected chi connectivity index (χ0v) is 18.1. The monoisotopic (exact) mass is 454 g/mol. The lowest BCUT2D eigenvalue weighted by molar-refractivity contribution is 0.100. The fraction of sp³-hybridized carbons (Fsp3) is 0. The van der Waals surface area contributed by atoms with Gasteiger partial charge in [-0.25, -0.2) is 4.98 Å². The summed E-state index contributed by atoms with van der Waals surface area (Å²) < 4.78 is 5.32. The lowest BCUT2D eigenvalue weighted by atomic mass is 10.1. The van der Waals surface area contributed by atoms with Crippen LogP contribution in [0.5, 0.6) is 5.75 Å². The summed E-state index contributed by atoms with van der Waals surface area (Å²) in [5.41, 5.74) is 9.18. The maximum atomic E-state index is 13.2. The summed E-state index contributed by atoms with van der Waals surface area (Å²) >= 11 is 1.16. The van der Waals surface area contributed by atoms with Gasteiger partial charge in [0.25, 0.3) is 0 Å². The van der Waals surface area contributed by atoms with Crippen molar-refractivity contribution in [2.24, 2.45) is 0 Å². The number of aromatic hydroxyl groups is 1. The summed E-state index contributed by atoms with van der Waals surface area (Å²) in [6.07, 6.45) is 0. The molecular formula is C25H18N4O3S. The highest BCUT2D eigenvalue weighted by Crippen LogP contribution is 2.40. The molecule has 0 aliphatic rings. The van der Waals surface area contributed by atoms with Crippen LogP contribution in [0.25, 0.3) is 11.3 Å². The molecule has 162 valence electrons. The molecule has 0 aliphatic carbocycles. The highest BCUT2D eigenvalue weighted by molar-refractivity contribution is 7.18. The number of benzene rings is 3. The average molecular weight is 455 g/mol. The standard InChI is InChI=1S/C25H18N4O3S/c26-24-23(22(31)21-15-20(28-32-21)16-7-3-1-4-8-16)33-25(27-24)29(17-9-5-2-6-10-17)18-11-13-19(30)14-12-18/h1-15,30H,26H2. The van der Waals surface area contributed by atoms with E-state index in [4.69, 9.17) is 10.3 Å². The fourth-order valence-corrected chi connectivity index (χ4v) is 4.34. The van der Waals surface area contributed by atoms with Crippen LogP contribution in [0.15, 0.2) is 95.5 Å². The van der Waals surface area contributed by atoms with Gasteiger partial charge >= 0.3 is 0 Å². The van der Waals surface area contributed by atoms with E-state index in [9.17, 15) is 9.90 Å². The van der Waals surface area contributed by atoms with Crippen molar-refractivity contribution in [3.63, 3.8) is 0 Å². The highest BCUT2D eigenvalue weighted by atomic mass is 32.1. The molecular weight excluding hydrogens is 436 g/mol. The Morgan fingerprint density at radius 2 is 1.55 bits per heavy atom. The Bertz CT molecular complexity index is 1400. The molecule has 5 rings (SSSR count). The third kappa shape index (κ3) is 4.07. The maximum Gasteiger partial charge on any atom is 0.244 e. The largest absolute Gasteiger partial charge is 0.508 e. The number of ketones is 1. The molecule has 0 radical (unpaired) electrons. The molecule has 0 aliphatic heterocycles. The molecule has 0 spiro atoms. The van der Waals surface area contributed by atoms with Gasteiger partial charge in [-0.15, -0.1) is 0 Å². The molecule has 5 aromatic rings. The molecule has 8 heteroatoms. The maximum absolute atomic E-state index is 13.2. The highest BCUT2D eigenvalue weighted by Gasteiger charge is 2.25. The lowest BCUT2D eigenvalue weighted by Gasteiger charge is -2.22. The first-order valence-electron chi connectivity index (χ1n) is 10.1. The van der Waals surface area contributed by atoms with Crippen LogP contribution < -0.4 is 10.6 Å². The third-order valence-electron chi connectivity index (χ3n) is 4.97. The van der Waals surface area contributed by atoms with Crippen molar-refractivity contribution < 1.29 is 14.4 Å². The molecule has 3 aromatic carbocycles. The van der Waals surface area contributed by atoms with Crippen LogP contribution in [0.4, 0.5) is 22.3 Å². The predicted molar refractivity (Wildman–Crippen MR) is 128 cm³/mol. The van der Waals surface area contributed by atoms with Crippen molar-refractivity contribution in [1.29, 1.82) is 0 Å². The van der Waals surface area contributed by atoms with Gasteiger partial charge in [0.15, 0.2) is 5.13 Å². The Balaban J connectivity index is 1.52. The number of nitrogens with zero attached hydrogens (tertiary/aromatic N) is 3. The average Bonchev–Trinajstić information content (AvgIpc) is 3.49. The second-order valence-corrected chi connectivity index (χ2v) is 8.15. The van der Waals surface area contributed by atoms with E-state index in [1.807, 2.05) is 65.6 Å². The molecule has 0 saturated carbocycles. The number of carbonyl (C=O) groups excluding carboxylic acids is 1. The van der Waals surface area contributed by atoms with Gasteiger partial charge in [0.2, 0.25) is 11.5 Å². The number of carbonyl (C=O) groups is 1. The normalized spacial score (nSPS) is 10.8. The van der Waals surface area contributed by atoms with E-state index in [1.165, 1.54) is 0 Å². The van der Waals surface area contributed by atoms with Crippen LogP contribution in [0, 0.1) is 0 Å². The molecule has 7 nitrogen and oxygen atoms in total. The van der Waals surface area contributed by atoms with Crippen molar-refractivity contribution >= 4 is 39.4 Å². The van der Waals surface area contributed by atoms with Crippen LogP contribution in [0.1, 0.15) is 15.4 Å². The van der Waals surface area contributed by atoms with Crippen LogP contribution >= 0.6 is 11.3 Å². The first kappa shape index (κ1) is 20.5. The van der Waals surface area contributed by atoms with Gasteiger partial charge in [0, 0.05) is 23.0 Å². The summed E-state index contributed by atoms with van der Waals surface area (Å²) in [7, 11) is 0. The number of phenols is 1. The number of thiazole rings is 1. The molecule has 0 atom stereocenters. The van der Waals surface area contributed by atoms with Crippen molar-refractivity contribution in [3.8, 4) is 17.0 Å². The first-order chi connectivity index (χ1) is 16.1. The number of rotatable bonds is 6. The van der Waals surface area contributed by atoms with Gasteiger partial charge in [0.05, 0.1) is 0 Å². The van der Waals surface area contributed by atoms with Gasteiger partial charge < -0.3 is 15.4 Å². The summed E-state index contributed by atoms with van der Waals surface area (Å²) in [6.45, 7) is 0. The van der Waals surface area contributed by atoms with Gasteiger partial charge in [-0.3, -0.25) is 9.69 Å². The zero-order valence-electron chi connectivity index (χ0n) is 17.3. The Morgan fingerprint density at radius 1 is 0.909 bits per heavy atom. The number of para-hydroxylation sites is 1. The SMILES string of the molecule is Nc1nc(N(c2ccccc2)c2ccc(O)cc2)sc1C(=O)c1cc(-c2ccccc2)no1. The number of hydrogen-bond donors (Lipinski definition) is 2. The minimum Gasteiger partial charge on any atom is -0.508 e. The van der Waals surface area contributed by atoms with Crippen molar-refractivity contribution in [2.75, 3.05) is 10.6 Å². The van der Waals surface area contributed by atoms with E-state index in [-0.39, 0.29) is 28.0 Å². The number of nitrogen functional groups attached to an aromatic ring is 1. The molecule has 0 unspecified atom stereocenters. The van der Waals surface area contributed by atoms with Crippen molar-refractivity contribution in [1.82, 2.24) is 10.1 Å². The van der Waals surface area contributed by atoms with Crippen LogP contribution in [0.2, 0.25) is 0 Å². The molecule has 33 heavy (non-hydrogen) atoms. The number of hydrogen-bond acceptors (Lipinski definition) is 8. The van der Waals surface area contributed by atoms with E-state index in [2.05, 4.69) is 10.1 Å². The summed E-state index contributed by atoms with van der Waals surface area (Å²) in [5, 5.41) is 14.2. The first-order valence-corrected chi connectivity index (χ1v) is 10.9. The lowest BCUT2D eigenvalue weighted by Crippen LogP contribution is -2.09. The van der Waals surface area contributed by atoms with Gasteiger partial charge in [-0.2, -0.15) is 0 Å². The summed E-state index contributed by atoms with van der Waals surface area (Å²) in [6, 6.07) is 27.4. The molecule has 0 fully saturated rings. The predicted octanol–water partition coefficient (Wildman–Crippen LogP) is 5.79. The van der Waals surface area contributed by atoms with E-state index in [0.717, 1.165) is 28.3 Å². The number of phenolic OH excluding ortho intramolecular Hbond substituents is 1. The third-order valence-corrected chi connectivity index (χ3v) is 6.02. The Labute approximate surface area is 193 Å². The van der Waals surface area contributed by atoms with E-state index in [1.54, 1.807) is 30.3 Å². The number of nitrogens with two attached hydrogens (primary N) is 1. The molecule has 2 heterocycles. The van der Waals surface area contributed by atoms with Gasteiger partial charge in [-0.1, -0.05) is 65.0 Å². The van der Waals surface area contributed by atoms with Gasteiger partial charge in [-0.05, 0) is 36.4 Å². The smallest absolute Gasteiger partial charge is 0.244 e. The van der Waals surface area contributed by atoms with E-state index < -0.39 is 0 Å². The Morgan fingerprint density at radius 3 is 2.24 bits per heavy atom. The van der Waals surface area contributed by atoms with Crippen LogP contribution in [0.3, 0.4) is 0 Å². The minimum absolute atomic E-state index is 0.0895. The van der Waals surface area contributed by atoms with Crippen molar-refractivity contribution in [2.45, 2.75) is 0 Å². The van der Waals surface area contributed by atoms with E-state index >= 15 is 0 Å². The van der Waals surface area contributed by atoms with E-state index in [0.29, 0.717) is 10.8 Å².